The first kappa shape index (κ1) is 20.6. The zero-order valence-electron chi connectivity index (χ0n) is 12.6. The highest BCUT2D eigenvalue weighted by Gasteiger charge is 2.34. The third-order valence-corrected chi connectivity index (χ3v) is 4.72. The van der Waals surface area contributed by atoms with Gasteiger partial charge in [-0.05, 0) is 38.1 Å². The van der Waals surface area contributed by atoms with E-state index in [2.05, 4.69) is 17.3 Å². The van der Waals surface area contributed by atoms with Gasteiger partial charge < -0.3 is 10.6 Å². The van der Waals surface area contributed by atoms with Gasteiger partial charge in [-0.1, -0.05) is 6.92 Å². The van der Waals surface area contributed by atoms with Crippen molar-refractivity contribution in [2.75, 3.05) is 19.6 Å². The number of rotatable bonds is 5. The summed E-state index contributed by atoms with van der Waals surface area (Å²) in [5, 5.41) is 3.18. The number of likely N-dealkylation sites (tertiary alicyclic amines) is 1. The fraction of sp³-hybridized carbons (Fsp3) is 0.714. The van der Waals surface area contributed by atoms with E-state index in [1.165, 1.54) is 0 Å². The number of carbonyl (C=O) groups is 1. The number of amides is 1. The molecule has 4 nitrogen and oxygen atoms in total. The van der Waals surface area contributed by atoms with Gasteiger partial charge in [-0.15, -0.1) is 36.2 Å². The van der Waals surface area contributed by atoms with Gasteiger partial charge in [-0.3, -0.25) is 4.79 Å². The largest absolute Gasteiger partial charge is 0.342 e. The second-order valence-corrected chi connectivity index (χ2v) is 6.85. The van der Waals surface area contributed by atoms with E-state index < -0.39 is 0 Å². The van der Waals surface area contributed by atoms with Crippen LogP contribution in [0.5, 0.6) is 0 Å². The molecule has 1 atom stereocenters. The first-order chi connectivity index (χ1) is 9.02. The summed E-state index contributed by atoms with van der Waals surface area (Å²) in [5.41, 5.74) is 7.00. The van der Waals surface area contributed by atoms with Crippen molar-refractivity contribution in [1.29, 1.82) is 0 Å². The maximum absolute atomic E-state index is 12.1. The van der Waals surface area contributed by atoms with Gasteiger partial charge >= 0.3 is 0 Å². The standard InChI is InChI=1S/C14H23N3OS.2ClH/c1-11-16-12(8-19-11)4-3-5-13(18)17-7-6-14(2,9-15)10-17;;/h8H,3-7,9-10,15H2,1-2H3;2*1H. The Hall–Kier alpha value is -0.360. The van der Waals surface area contributed by atoms with E-state index in [0.717, 1.165) is 43.1 Å². The molecule has 0 aliphatic carbocycles. The topological polar surface area (TPSA) is 59.2 Å². The van der Waals surface area contributed by atoms with Crippen LogP contribution in [-0.2, 0) is 11.2 Å². The summed E-state index contributed by atoms with van der Waals surface area (Å²) in [5.74, 6) is 0.268. The Morgan fingerprint density at radius 1 is 1.52 bits per heavy atom. The average Bonchev–Trinajstić information content (AvgIpc) is 2.97. The third-order valence-electron chi connectivity index (χ3n) is 3.89. The van der Waals surface area contributed by atoms with Crippen molar-refractivity contribution < 1.29 is 4.79 Å². The predicted octanol–water partition coefficient (Wildman–Crippen LogP) is 2.82. The zero-order chi connectivity index (χ0) is 13.9. The summed E-state index contributed by atoms with van der Waals surface area (Å²) in [7, 11) is 0. The number of aromatic nitrogens is 1. The Labute approximate surface area is 143 Å². The molecule has 1 unspecified atom stereocenters. The smallest absolute Gasteiger partial charge is 0.222 e. The molecule has 2 heterocycles. The van der Waals surface area contributed by atoms with Crippen molar-refractivity contribution in [2.45, 2.75) is 39.5 Å². The number of carbonyl (C=O) groups excluding carboxylic acids is 1. The lowest BCUT2D eigenvalue weighted by molar-refractivity contribution is -0.130. The van der Waals surface area contributed by atoms with E-state index in [1.807, 2.05) is 11.8 Å². The van der Waals surface area contributed by atoms with Gasteiger partial charge in [0.2, 0.25) is 5.91 Å². The highest BCUT2D eigenvalue weighted by atomic mass is 35.5. The molecule has 1 aromatic heterocycles. The van der Waals surface area contributed by atoms with Gasteiger partial charge in [-0.25, -0.2) is 4.98 Å². The quantitative estimate of drug-likeness (QED) is 0.885. The van der Waals surface area contributed by atoms with Crippen molar-refractivity contribution in [3.63, 3.8) is 0 Å². The molecule has 2 N–H and O–H groups in total. The van der Waals surface area contributed by atoms with Crippen LogP contribution in [-0.4, -0.2) is 35.4 Å². The first-order valence-electron chi connectivity index (χ1n) is 6.91. The molecule has 1 aliphatic rings. The number of halogens is 2. The molecule has 1 aromatic rings. The van der Waals surface area contributed by atoms with Gasteiger partial charge in [0.15, 0.2) is 0 Å². The predicted molar refractivity (Wildman–Crippen MR) is 92.6 cm³/mol. The number of aryl methyl sites for hydroxylation is 2. The average molecular weight is 354 g/mol. The number of nitrogens with zero attached hydrogens (tertiary/aromatic N) is 2. The van der Waals surface area contributed by atoms with E-state index in [0.29, 0.717) is 13.0 Å². The Bertz CT molecular complexity index is 455. The lowest BCUT2D eigenvalue weighted by Gasteiger charge is -2.22. The monoisotopic (exact) mass is 353 g/mol. The Kier molecular flexibility index (Phi) is 8.78. The van der Waals surface area contributed by atoms with Gasteiger partial charge in [0, 0.05) is 24.9 Å². The van der Waals surface area contributed by atoms with Crippen LogP contribution in [0.3, 0.4) is 0 Å². The molecule has 122 valence electrons. The maximum Gasteiger partial charge on any atom is 0.222 e. The van der Waals surface area contributed by atoms with Crippen molar-refractivity contribution in [3.05, 3.63) is 16.1 Å². The molecule has 0 radical (unpaired) electrons. The molecule has 21 heavy (non-hydrogen) atoms. The van der Waals surface area contributed by atoms with Crippen LogP contribution in [0.1, 0.15) is 36.9 Å². The first-order valence-corrected chi connectivity index (χ1v) is 7.79. The minimum Gasteiger partial charge on any atom is -0.342 e. The Balaban J connectivity index is 0.00000200. The molecule has 7 heteroatoms. The van der Waals surface area contributed by atoms with Crippen LogP contribution in [0, 0.1) is 12.3 Å². The van der Waals surface area contributed by atoms with Crippen molar-refractivity contribution in [2.24, 2.45) is 11.1 Å². The SMILES string of the molecule is Cc1nc(CCCC(=O)N2CCC(C)(CN)C2)cs1.Cl.Cl. The number of thiazole rings is 1. The fourth-order valence-corrected chi connectivity index (χ4v) is 3.15. The molecule has 0 aromatic carbocycles. The van der Waals surface area contributed by atoms with E-state index >= 15 is 0 Å². The van der Waals surface area contributed by atoms with Crippen LogP contribution in [0.4, 0.5) is 0 Å². The van der Waals surface area contributed by atoms with Crippen LogP contribution in [0.2, 0.25) is 0 Å². The molecule has 1 aliphatic heterocycles. The highest BCUT2D eigenvalue weighted by Crippen LogP contribution is 2.28. The van der Waals surface area contributed by atoms with Gasteiger partial charge in [0.05, 0.1) is 10.7 Å². The van der Waals surface area contributed by atoms with Crippen molar-refractivity contribution in [3.8, 4) is 0 Å². The van der Waals surface area contributed by atoms with Crippen molar-refractivity contribution in [1.82, 2.24) is 9.88 Å². The Morgan fingerprint density at radius 3 is 2.76 bits per heavy atom. The lowest BCUT2D eigenvalue weighted by atomic mass is 9.90. The second-order valence-electron chi connectivity index (χ2n) is 5.79. The molecule has 0 bridgehead atoms. The minimum atomic E-state index is 0. The fourth-order valence-electron chi connectivity index (χ4n) is 2.51. The van der Waals surface area contributed by atoms with Crippen molar-refractivity contribution >= 4 is 42.1 Å². The minimum absolute atomic E-state index is 0. The third kappa shape index (κ3) is 5.74. The molecule has 1 saturated heterocycles. The molecule has 1 fully saturated rings. The van der Waals surface area contributed by atoms with Crippen LogP contribution in [0.15, 0.2) is 5.38 Å². The zero-order valence-corrected chi connectivity index (χ0v) is 15.1. The molecule has 0 saturated carbocycles. The summed E-state index contributed by atoms with van der Waals surface area (Å²) >= 11 is 1.67. The van der Waals surface area contributed by atoms with Gasteiger partial charge in [-0.2, -0.15) is 0 Å². The van der Waals surface area contributed by atoms with E-state index in [4.69, 9.17) is 5.73 Å². The van der Waals surface area contributed by atoms with Crippen LogP contribution >= 0.6 is 36.2 Å². The van der Waals surface area contributed by atoms with Gasteiger partial charge in [0.25, 0.3) is 0 Å². The van der Waals surface area contributed by atoms with E-state index in [1.54, 1.807) is 11.3 Å². The van der Waals surface area contributed by atoms with Crippen LogP contribution in [0.25, 0.3) is 0 Å². The van der Waals surface area contributed by atoms with Gasteiger partial charge in [0.1, 0.15) is 0 Å². The Morgan fingerprint density at radius 2 is 2.24 bits per heavy atom. The molecule has 2 rings (SSSR count). The lowest BCUT2D eigenvalue weighted by Crippen LogP contribution is -2.34. The molecule has 0 spiro atoms. The van der Waals surface area contributed by atoms with E-state index in [-0.39, 0.29) is 36.1 Å². The normalized spacial score (nSPS) is 20.8. The summed E-state index contributed by atoms with van der Waals surface area (Å²) in [6, 6.07) is 0. The van der Waals surface area contributed by atoms with Crippen LogP contribution < -0.4 is 5.73 Å². The maximum atomic E-state index is 12.1. The molecular formula is C14H25Cl2N3OS. The highest BCUT2D eigenvalue weighted by molar-refractivity contribution is 7.09. The number of hydrogen-bond acceptors (Lipinski definition) is 4. The summed E-state index contributed by atoms with van der Waals surface area (Å²) < 4.78 is 0. The number of hydrogen-bond donors (Lipinski definition) is 1. The molecule has 1 amide bonds. The summed E-state index contributed by atoms with van der Waals surface area (Å²) in [4.78, 5) is 18.5. The number of nitrogens with two attached hydrogens (primary N) is 1. The molecular weight excluding hydrogens is 329 g/mol. The summed E-state index contributed by atoms with van der Waals surface area (Å²) in [6.07, 6.45) is 3.44. The van der Waals surface area contributed by atoms with E-state index in [9.17, 15) is 4.79 Å². The second kappa shape index (κ2) is 8.93. The summed E-state index contributed by atoms with van der Waals surface area (Å²) in [6.45, 7) is 6.52.